The molecule has 1 atom stereocenters. The van der Waals surface area contributed by atoms with Gasteiger partial charge in [-0.3, -0.25) is 4.79 Å². The number of benzene rings is 3. The number of ether oxygens (including phenoxy) is 3. The van der Waals surface area contributed by atoms with Crippen LogP contribution in [0.5, 0.6) is 17.2 Å². The summed E-state index contributed by atoms with van der Waals surface area (Å²) in [7, 11) is -0.354. The van der Waals surface area contributed by atoms with E-state index in [9.17, 15) is 13.2 Å². The van der Waals surface area contributed by atoms with Gasteiger partial charge >= 0.3 is 0 Å². The monoisotopic (exact) mass is 578 g/mol. The lowest BCUT2D eigenvalue weighted by Crippen LogP contribution is -2.42. The summed E-state index contributed by atoms with van der Waals surface area (Å²) in [6, 6.07) is 17.8. The van der Waals surface area contributed by atoms with Gasteiger partial charge < -0.3 is 19.1 Å². The zero-order valence-electron chi connectivity index (χ0n) is 24.1. The summed E-state index contributed by atoms with van der Waals surface area (Å²) < 4.78 is 44.9. The summed E-state index contributed by atoms with van der Waals surface area (Å²) in [5, 5.41) is 0. The van der Waals surface area contributed by atoms with E-state index >= 15 is 0 Å². The van der Waals surface area contributed by atoms with Crippen LogP contribution >= 0.6 is 0 Å². The molecule has 0 N–H and O–H groups in total. The number of methoxy groups -OCH3 is 2. The highest BCUT2D eigenvalue weighted by Gasteiger charge is 2.34. The number of hydrogen-bond donors (Lipinski definition) is 0. The Morgan fingerprint density at radius 1 is 0.902 bits per heavy atom. The van der Waals surface area contributed by atoms with Crippen molar-refractivity contribution in [2.24, 2.45) is 0 Å². The number of rotatable bonds is 9. The van der Waals surface area contributed by atoms with Crippen molar-refractivity contribution in [3.63, 3.8) is 0 Å². The average molecular weight is 579 g/mol. The van der Waals surface area contributed by atoms with Crippen molar-refractivity contribution in [3.8, 4) is 17.2 Å². The molecule has 41 heavy (non-hydrogen) atoms. The van der Waals surface area contributed by atoms with Crippen LogP contribution in [0.25, 0.3) is 0 Å². The third-order valence-electron chi connectivity index (χ3n) is 8.02. The molecular formula is C32H38N2O6S. The molecule has 0 spiro atoms. The van der Waals surface area contributed by atoms with Gasteiger partial charge in [0.2, 0.25) is 10.0 Å². The Kier molecular flexibility index (Phi) is 8.56. The number of nitrogens with zero attached hydrogens (tertiary/aromatic N) is 2. The van der Waals surface area contributed by atoms with Crippen molar-refractivity contribution in [2.75, 3.05) is 40.5 Å². The molecule has 0 unspecified atom stereocenters. The summed E-state index contributed by atoms with van der Waals surface area (Å²) >= 11 is 0. The fourth-order valence-electron chi connectivity index (χ4n) is 5.59. The molecule has 1 saturated heterocycles. The molecule has 1 fully saturated rings. The molecule has 2 aliphatic rings. The standard InChI is InChI=1S/C32H38N2O6S/c1-22(2)23-7-11-26(12-8-23)40-21-29-28-20-31(39-4)30(38-3)19-25(28)15-18-34(29)32(35)24-9-13-27(14-10-24)41(36,37)33-16-5-6-17-33/h7-14,19-20,22,29H,5-6,15-18,21H2,1-4H3/t29-/m1/s1. The first-order valence-electron chi connectivity index (χ1n) is 14.1. The predicted octanol–water partition coefficient (Wildman–Crippen LogP) is 5.43. The highest BCUT2D eigenvalue weighted by atomic mass is 32.2. The minimum Gasteiger partial charge on any atom is -0.493 e. The molecule has 2 aliphatic heterocycles. The molecule has 1 amide bonds. The van der Waals surface area contributed by atoms with Crippen molar-refractivity contribution < 1.29 is 27.4 Å². The van der Waals surface area contributed by atoms with Crippen molar-refractivity contribution in [1.29, 1.82) is 0 Å². The molecule has 2 heterocycles. The van der Waals surface area contributed by atoms with E-state index in [2.05, 4.69) is 26.0 Å². The molecule has 0 radical (unpaired) electrons. The van der Waals surface area contributed by atoms with Crippen LogP contribution in [0.15, 0.2) is 65.6 Å². The summed E-state index contributed by atoms with van der Waals surface area (Å²) in [6.45, 7) is 6.09. The summed E-state index contributed by atoms with van der Waals surface area (Å²) in [5.41, 5.74) is 3.67. The van der Waals surface area contributed by atoms with Crippen LogP contribution < -0.4 is 14.2 Å². The first-order chi connectivity index (χ1) is 19.7. The summed E-state index contributed by atoms with van der Waals surface area (Å²) in [6.07, 6.45) is 2.38. The Bertz CT molecular complexity index is 1480. The number of sulfonamides is 1. The molecule has 0 aliphatic carbocycles. The van der Waals surface area contributed by atoms with Crippen molar-refractivity contribution >= 4 is 15.9 Å². The van der Waals surface area contributed by atoms with Gasteiger partial charge in [-0.25, -0.2) is 8.42 Å². The lowest BCUT2D eigenvalue weighted by atomic mass is 9.91. The van der Waals surface area contributed by atoms with E-state index in [4.69, 9.17) is 14.2 Å². The van der Waals surface area contributed by atoms with Crippen LogP contribution in [0.3, 0.4) is 0 Å². The molecule has 0 bridgehead atoms. The van der Waals surface area contributed by atoms with Gasteiger partial charge in [-0.15, -0.1) is 0 Å². The van der Waals surface area contributed by atoms with E-state index < -0.39 is 10.0 Å². The van der Waals surface area contributed by atoms with E-state index in [-0.39, 0.29) is 23.5 Å². The van der Waals surface area contributed by atoms with Gasteiger partial charge in [0.1, 0.15) is 12.4 Å². The second kappa shape index (κ2) is 12.1. The average Bonchev–Trinajstić information content (AvgIpc) is 3.55. The third-order valence-corrected chi connectivity index (χ3v) is 9.94. The van der Waals surface area contributed by atoms with Crippen LogP contribution in [0.1, 0.15) is 65.7 Å². The third kappa shape index (κ3) is 5.92. The van der Waals surface area contributed by atoms with Gasteiger partial charge in [0.05, 0.1) is 25.2 Å². The fraction of sp³-hybridized carbons (Fsp3) is 0.406. The maximum absolute atomic E-state index is 13.9. The lowest BCUT2D eigenvalue weighted by Gasteiger charge is -2.37. The smallest absolute Gasteiger partial charge is 0.254 e. The Morgan fingerprint density at radius 2 is 1.54 bits per heavy atom. The molecular weight excluding hydrogens is 540 g/mol. The summed E-state index contributed by atoms with van der Waals surface area (Å²) in [4.78, 5) is 15.9. The highest BCUT2D eigenvalue weighted by Crippen LogP contribution is 2.39. The first kappa shape index (κ1) is 29.0. The van der Waals surface area contributed by atoms with Crippen LogP contribution in [-0.2, 0) is 16.4 Å². The minimum atomic E-state index is -3.56. The SMILES string of the molecule is COc1cc2c(cc1OC)[C@@H](COc1ccc(C(C)C)cc1)N(C(=O)c1ccc(S(=O)(=O)N3CCCC3)cc1)CC2. The molecule has 0 aromatic heterocycles. The van der Waals surface area contributed by atoms with Gasteiger partial charge in [0.15, 0.2) is 11.5 Å². The van der Waals surface area contributed by atoms with Crippen molar-refractivity contribution in [3.05, 3.63) is 82.9 Å². The topological polar surface area (TPSA) is 85.4 Å². The number of hydrogen-bond acceptors (Lipinski definition) is 6. The van der Waals surface area contributed by atoms with E-state index in [1.807, 2.05) is 24.3 Å². The van der Waals surface area contributed by atoms with Gasteiger partial charge in [-0.2, -0.15) is 4.31 Å². The number of carbonyl (C=O) groups excluding carboxylic acids is 1. The number of fused-ring (bicyclic) bond motifs is 1. The van der Waals surface area contributed by atoms with Crippen LogP contribution in [0.4, 0.5) is 0 Å². The van der Waals surface area contributed by atoms with Gasteiger partial charge in [-0.05, 0) is 90.4 Å². The van der Waals surface area contributed by atoms with Crippen molar-refractivity contribution in [2.45, 2.75) is 50.0 Å². The van der Waals surface area contributed by atoms with Crippen LogP contribution in [-0.4, -0.2) is 64.0 Å². The largest absolute Gasteiger partial charge is 0.493 e. The zero-order valence-corrected chi connectivity index (χ0v) is 24.9. The normalized spacial score (nSPS) is 17.4. The van der Waals surface area contributed by atoms with Gasteiger partial charge in [0.25, 0.3) is 5.91 Å². The zero-order chi connectivity index (χ0) is 29.1. The first-order valence-corrected chi connectivity index (χ1v) is 15.6. The maximum atomic E-state index is 13.9. The van der Waals surface area contributed by atoms with Gasteiger partial charge in [0, 0.05) is 25.2 Å². The molecule has 0 saturated carbocycles. The highest BCUT2D eigenvalue weighted by molar-refractivity contribution is 7.89. The molecule has 8 nitrogen and oxygen atoms in total. The number of amides is 1. The van der Waals surface area contributed by atoms with Crippen LogP contribution in [0, 0.1) is 0 Å². The molecule has 3 aromatic rings. The fourth-order valence-corrected chi connectivity index (χ4v) is 7.11. The quantitative estimate of drug-likeness (QED) is 0.337. The maximum Gasteiger partial charge on any atom is 0.254 e. The second-order valence-corrected chi connectivity index (χ2v) is 12.8. The molecule has 3 aromatic carbocycles. The predicted molar refractivity (Wildman–Crippen MR) is 157 cm³/mol. The Balaban J connectivity index is 1.43. The Morgan fingerprint density at radius 3 is 2.15 bits per heavy atom. The molecule has 5 rings (SSSR count). The summed E-state index contributed by atoms with van der Waals surface area (Å²) in [5.74, 6) is 2.19. The Hall–Kier alpha value is -3.56. The van der Waals surface area contributed by atoms with E-state index in [1.54, 1.807) is 31.3 Å². The van der Waals surface area contributed by atoms with E-state index in [0.717, 1.165) is 29.7 Å². The minimum absolute atomic E-state index is 0.181. The van der Waals surface area contributed by atoms with Crippen LogP contribution in [0.2, 0.25) is 0 Å². The molecule has 218 valence electrons. The Labute approximate surface area is 242 Å². The van der Waals surface area contributed by atoms with Crippen molar-refractivity contribution in [1.82, 2.24) is 9.21 Å². The second-order valence-electron chi connectivity index (χ2n) is 10.8. The lowest BCUT2D eigenvalue weighted by molar-refractivity contribution is 0.0589. The van der Waals surface area contributed by atoms with E-state index in [1.165, 1.54) is 22.0 Å². The molecule has 9 heteroatoms. The van der Waals surface area contributed by atoms with E-state index in [0.29, 0.717) is 49.0 Å². The number of carbonyl (C=O) groups is 1. The van der Waals surface area contributed by atoms with Gasteiger partial charge in [-0.1, -0.05) is 26.0 Å².